The number of carbonyl (C=O) groups is 2. The zero-order valence-corrected chi connectivity index (χ0v) is 18.2. The number of nitrogens with zero attached hydrogens (tertiary/aromatic N) is 5. The number of ether oxygens (including phenoxy) is 1. The number of halogens is 3. The van der Waals surface area contributed by atoms with Gasteiger partial charge < -0.3 is 15.0 Å². The van der Waals surface area contributed by atoms with Crippen LogP contribution >= 0.6 is 11.3 Å². The van der Waals surface area contributed by atoms with Crippen LogP contribution < -0.4 is 10.1 Å². The van der Waals surface area contributed by atoms with Crippen LogP contribution in [0.4, 0.5) is 13.2 Å². The maximum atomic E-state index is 13.9. The number of rotatable bonds is 5. The van der Waals surface area contributed by atoms with Crippen molar-refractivity contribution in [2.24, 2.45) is 0 Å². The number of methoxy groups -OCH3 is 1. The number of carbonyl (C=O) groups excluding carboxylic acids is 2. The Labute approximate surface area is 190 Å². The lowest BCUT2D eigenvalue weighted by Gasteiger charge is -2.32. The smallest absolute Gasteiger partial charge is 0.434 e. The standard InChI is InChI=1S/C20H19F3N6O3S/c1-32-16-3-2-15(26-27-16)29-17(20(21,22)23)14(10-24-29)19(31)28-7-4-13(5-8-28)25-18(30)12-6-9-33-11-12/h2-3,6,9-11,13H,4-5,7-8H2,1H3,(H,25,30). The highest BCUT2D eigenvalue weighted by Gasteiger charge is 2.42. The van der Waals surface area contributed by atoms with Gasteiger partial charge in [0.05, 0.1) is 18.9 Å². The molecule has 0 atom stereocenters. The molecule has 174 valence electrons. The second-order valence-electron chi connectivity index (χ2n) is 7.30. The minimum atomic E-state index is -4.85. The molecule has 1 aliphatic heterocycles. The van der Waals surface area contributed by atoms with E-state index in [1.54, 1.807) is 16.8 Å². The predicted molar refractivity (Wildman–Crippen MR) is 111 cm³/mol. The van der Waals surface area contributed by atoms with Crippen LogP contribution in [0.2, 0.25) is 0 Å². The predicted octanol–water partition coefficient (Wildman–Crippen LogP) is 2.79. The molecule has 1 N–H and O–H groups in total. The maximum Gasteiger partial charge on any atom is 0.434 e. The summed E-state index contributed by atoms with van der Waals surface area (Å²) in [6, 6.07) is 4.16. The van der Waals surface area contributed by atoms with Crippen LogP contribution in [0.5, 0.6) is 5.88 Å². The molecule has 1 fully saturated rings. The maximum absolute atomic E-state index is 13.9. The molecular weight excluding hydrogens is 461 g/mol. The highest BCUT2D eigenvalue weighted by Crippen LogP contribution is 2.34. The highest BCUT2D eigenvalue weighted by molar-refractivity contribution is 7.08. The molecule has 2 amide bonds. The lowest BCUT2D eigenvalue weighted by atomic mass is 10.0. The van der Waals surface area contributed by atoms with E-state index in [4.69, 9.17) is 4.74 Å². The molecule has 4 heterocycles. The summed E-state index contributed by atoms with van der Waals surface area (Å²) in [5.74, 6) is -1.05. The molecule has 0 aliphatic carbocycles. The Hall–Kier alpha value is -3.48. The van der Waals surface area contributed by atoms with Crippen LogP contribution in [-0.4, -0.2) is 62.9 Å². The third kappa shape index (κ3) is 4.82. The fourth-order valence-electron chi connectivity index (χ4n) is 3.55. The minimum Gasteiger partial charge on any atom is -0.480 e. The van der Waals surface area contributed by atoms with Gasteiger partial charge in [-0.2, -0.15) is 29.6 Å². The van der Waals surface area contributed by atoms with Crippen molar-refractivity contribution in [3.8, 4) is 11.7 Å². The Balaban J connectivity index is 1.49. The van der Waals surface area contributed by atoms with E-state index in [1.165, 1.54) is 35.5 Å². The number of thiophene rings is 1. The molecule has 33 heavy (non-hydrogen) atoms. The Kier molecular flexibility index (Phi) is 6.31. The first-order chi connectivity index (χ1) is 15.8. The van der Waals surface area contributed by atoms with Gasteiger partial charge in [-0.3, -0.25) is 9.59 Å². The monoisotopic (exact) mass is 480 g/mol. The zero-order valence-electron chi connectivity index (χ0n) is 17.4. The van der Waals surface area contributed by atoms with E-state index in [0.717, 1.165) is 6.20 Å². The SMILES string of the molecule is COc1ccc(-n2ncc(C(=O)N3CCC(NC(=O)c4ccsc4)CC3)c2C(F)(F)F)nn1. The zero-order chi connectivity index (χ0) is 23.6. The number of amides is 2. The number of piperidine rings is 1. The summed E-state index contributed by atoms with van der Waals surface area (Å²) in [5.41, 5.74) is -1.23. The van der Waals surface area contributed by atoms with Crippen molar-refractivity contribution in [1.82, 2.24) is 30.2 Å². The average molecular weight is 480 g/mol. The van der Waals surface area contributed by atoms with Crippen LogP contribution in [0.3, 0.4) is 0 Å². The lowest BCUT2D eigenvalue weighted by Crippen LogP contribution is -2.46. The summed E-state index contributed by atoms with van der Waals surface area (Å²) in [7, 11) is 1.35. The quantitative estimate of drug-likeness (QED) is 0.603. The molecule has 3 aromatic rings. The van der Waals surface area contributed by atoms with Crippen LogP contribution in [0.1, 0.15) is 39.3 Å². The van der Waals surface area contributed by atoms with Gasteiger partial charge in [0.2, 0.25) is 5.88 Å². The van der Waals surface area contributed by atoms with Gasteiger partial charge in [-0.25, -0.2) is 4.68 Å². The number of likely N-dealkylation sites (tertiary alicyclic amines) is 1. The minimum absolute atomic E-state index is 0.129. The fraction of sp³-hybridized carbons (Fsp3) is 0.350. The van der Waals surface area contributed by atoms with Gasteiger partial charge in [0.15, 0.2) is 11.5 Å². The van der Waals surface area contributed by atoms with Gasteiger partial charge in [0.1, 0.15) is 0 Å². The van der Waals surface area contributed by atoms with E-state index in [0.29, 0.717) is 23.1 Å². The van der Waals surface area contributed by atoms with Gasteiger partial charge in [-0.15, -0.1) is 10.2 Å². The average Bonchev–Trinajstić information content (AvgIpc) is 3.49. The van der Waals surface area contributed by atoms with Crippen molar-refractivity contribution in [2.45, 2.75) is 25.1 Å². The molecule has 13 heteroatoms. The van der Waals surface area contributed by atoms with E-state index in [-0.39, 0.29) is 36.7 Å². The number of nitrogens with one attached hydrogen (secondary N) is 1. The first kappa shape index (κ1) is 22.7. The topological polar surface area (TPSA) is 102 Å². The summed E-state index contributed by atoms with van der Waals surface area (Å²) >= 11 is 1.41. The molecule has 0 aromatic carbocycles. The summed E-state index contributed by atoms with van der Waals surface area (Å²) in [6.45, 7) is 0.413. The van der Waals surface area contributed by atoms with E-state index in [1.807, 2.05) is 0 Å². The van der Waals surface area contributed by atoms with Gasteiger partial charge in [-0.1, -0.05) is 0 Å². The highest BCUT2D eigenvalue weighted by atomic mass is 32.1. The van der Waals surface area contributed by atoms with E-state index >= 15 is 0 Å². The third-order valence-corrected chi connectivity index (χ3v) is 5.90. The Morgan fingerprint density at radius 1 is 1.18 bits per heavy atom. The van der Waals surface area contributed by atoms with Crippen molar-refractivity contribution in [1.29, 1.82) is 0 Å². The third-order valence-electron chi connectivity index (χ3n) is 5.22. The Morgan fingerprint density at radius 3 is 2.52 bits per heavy atom. The number of hydrogen-bond acceptors (Lipinski definition) is 7. The Morgan fingerprint density at radius 2 is 1.94 bits per heavy atom. The number of aromatic nitrogens is 4. The second kappa shape index (κ2) is 9.17. The number of alkyl halides is 3. The van der Waals surface area contributed by atoms with Crippen molar-refractivity contribution < 1.29 is 27.5 Å². The van der Waals surface area contributed by atoms with Crippen LogP contribution in [0, 0.1) is 0 Å². The summed E-state index contributed by atoms with van der Waals surface area (Å²) in [5, 5.41) is 17.5. The molecule has 0 bridgehead atoms. The van der Waals surface area contributed by atoms with Gasteiger partial charge in [-0.05, 0) is 30.4 Å². The summed E-state index contributed by atoms with van der Waals surface area (Å²) < 4.78 is 47.1. The van der Waals surface area contributed by atoms with Crippen LogP contribution in [0.15, 0.2) is 35.2 Å². The van der Waals surface area contributed by atoms with Gasteiger partial charge in [0, 0.05) is 36.1 Å². The van der Waals surface area contributed by atoms with Crippen LogP contribution in [-0.2, 0) is 6.18 Å². The van der Waals surface area contributed by atoms with E-state index in [2.05, 4.69) is 20.6 Å². The molecule has 0 radical (unpaired) electrons. The normalized spacial score (nSPS) is 14.8. The van der Waals surface area contributed by atoms with Crippen molar-refractivity contribution >= 4 is 23.2 Å². The number of hydrogen-bond donors (Lipinski definition) is 1. The molecule has 3 aromatic heterocycles. The first-order valence-corrected chi connectivity index (χ1v) is 10.9. The van der Waals surface area contributed by atoms with Crippen molar-refractivity contribution in [2.75, 3.05) is 20.2 Å². The van der Waals surface area contributed by atoms with Gasteiger partial charge >= 0.3 is 6.18 Å². The molecule has 1 aliphatic rings. The molecule has 9 nitrogen and oxygen atoms in total. The van der Waals surface area contributed by atoms with Crippen molar-refractivity contribution in [3.63, 3.8) is 0 Å². The molecule has 0 unspecified atom stereocenters. The van der Waals surface area contributed by atoms with Gasteiger partial charge in [0.25, 0.3) is 11.8 Å². The second-order valence-corrected chi connectivity index (χ2v) is 8.08. The Bertz CT molecular complexity index is 1120. The lowest BCUT2D eigenvalue weighted by molar-refractivity contribution is -0.143. The molecule has 0 spiro atoms. The van der Waals surface area contributed by atoms with Crippen LogP contribution in [0.25, 0.3) is 5.82 Å². The summed E-state index contributed by atoms with van der Waals surface area (Å²) in [4.78, 5) is 26.5. The largest absolute Gasteiger partial charge is 0.480 e. The van der Waals surface area contributed by atoms with Crippen molar-refractivity contribution in [3.05, 3.63) is 52.0 Å². The van der Waals surface area contributed by atoms with E-state index in [9.17, 15) is 22.8 Å². The first-order valence-electron chi connectivity index (χ1n) is 9.93. The molecule has 1 saturated heterocycles. The molecule has 4 rings (SSSR count). The summed E-state index contributed by atoms with van der Waals surface area (Å²) in [6.07, 6.45) is -3.10. The fourth-order valence-corrected chi connectivity index (χ4v) is 4.18. The molecule has 0 saturated carbocycles. The van der Waals surface area contributed by atoms with E-state index < -0.39 is 23.3 Å². The molecular formula is C20H19F3N6O3S.